The molecule has 0 aromatic heterocycles. The largest absolute Gasteiger partial charge is 0.457 e. The van der Waals surface area contributed by atoms with Crippen LogP contribution < -0.4 is 4.74 Å². The highest BCUT2D eigenvalue weighted by molar-refractivity contribution is 8.02. The number of rotatable bonds is 15. The molecule has 0 aliphatic carbocycles. The van der Waals surface area contributed by atoms with Crippen LogP contribution in [0.15, 0.2) is 297 Å². The molecule has 0 radical (unpaired) electrons. The Balaban J connectivity index is 0.000000404. The second kappa shape index (κ2) is 47.8. The third-order valence-electron chi connectivity index (χ3n) is 15.0. The zero-order valence-corrected chi connectivity index (χ0v) is 67.2. The van der Waals surface area contributed by atoms with Crippen molar-refractivity contribution in [2.75, 3.05) is 43.8 Å². The Hall–Kier alpha value is -6.36. The standard InChI is InChI=1S/C15H14OS.C15H16S2.C14H14O2S2.C14H14OS.C10H14S.C9H12S.C8H10S.3CH4/c1-11-3-5-12(6-4-11)15(16)13-7-9-14(17-2)10-8-13;1-11-4-7-13(8-5-11)17-15-10-12(2)6-9-14(15)16-3;1-11-3-7-13(8-4-11)18(15,16)14-9-5-12(17-2)6-10-14;1-11-3-5-12(6-4-11)15-13-7-9-14(16-2)10-8-13;1-7-5-9(3)10(11-4)6-8(7)2;1-7-4-5-9(10-3)8(2)6-7;1-7-4-3-5-8(6-7)9-2;;;/h3-10H,1-2H3;4-10H,1-3H3;3-10H,1-2H3;3-10H,1-2H3;5-6H,1-4H3;4-6H,1-3H3;3-6H,1-2H3;3*1H4. The molecule has 13 heteroatoms. The summed E-state index contributed by atoms with van der Waals surface area (Å²) in [5, 5.41) is 0. The molecule has 0 atom stereocenters. The summed E-state index contributed by atoms with van der Waals surface area (Å²) in [6.45, 7) is 23.1. The van der Waals surface area contributed by atoms with Crippen molar-refractivity contribution in [2.45, 2.75) is 152 Å². The molecule has 0 aliphatic rings. The van der Waals surface area contributed by atoms with Crippen molar-refractivity contribution in [1.82, 2.24) is 0 Å². The highest BCUT2D eigenvalue weighted by Gasteiger charge is 2.17. The van der Waals surface area contributed by atoms with E-state index in [1.54, 1.807) is 94.8 Å². The zero-order chi connectivity index (χ0) is 71.7. The van der Waals surface area contributed by atoms with Crippen LogP contribution in [0, 0.1) is 76.2 Å². The molecule has 11 rings (SSSR count). The molecule has 0 amide bonds. The molecule has 0 bridgehead atoms. The number of benzene rings is 11. The summed E-state index contributed by atoms with van der Waals surface area (Å²) in [6, 6.07) is 80.3. The van der Waals surface area contributed by atoms with Gasteiger partial charge in [0.15, 0.2) is 5.78 Å². The van der Waals surface area contributed by atoms with Crippen LogP contribution in [0.2, 0.25) is 0 Å². The SMILES string of the molecule is C.C.C.CSc1cc(C)c(C)cc1C.CSc1ccc(C(=O)c2ccc(C)cc2)cc1.CSc1ccc(C)cc1C.CSc1ccc(C)cc1Sc1ccc(C)cc1.CSc1ccc(Oc2ccc(C)cc2)cc1.CSc1ccc(S(=O)(=O)c2ccc(C)cc2)cc1.CSc1cccc(C)c1. The number of aryl methyl sites for hydroxylation is 11. The molecule has 0 saturated heterocycles. The zero-order valence-electron chi connectivity index (χ0n) is 59.9. The summed E-state index contributed by atoms with van der Waals surface area (Å²) in [6.07, 6.45) is 14.5. The summed E-state index contributed by atoms with van der Waals surface area (Å²) < 4.78 is 30.4. The van der Waals surface area contributed by atoms with Crippen molar-refractivity contribution in [3.63, 3.8) is 0 Å². The summed E-state index contributed by atoms with van der Waals surface area (Å²) in [4.78, 5) is 24.4. The van der Waals surface area contributed by atoms with Crippen molar-refractivity contribution in [3.05, 3.63) is 315 Å². The minimum absolute atomic E-state index is 0. The molecular formula is C88H106O4S9. The second-order valence-electron chi connectivity index (χ2n) is 23.0. The minimum Gasteiger partial charge on any atom is -0.457 e. The summed E-state index contributed by atoms with van der Waals surface area (Å²) >= 11 is 14.0. The highest BCUT2D eigenvalue weighted by Crippen LogP contribution is 2.36. The number of thioether (sulfide) groups is 7. The fourth-order valence-electron chi connectivity index (χ4n) is 9.13. The number of sulfone groups is 1. The molecular weight excluding hydrogens is 1410 g/mol. The van der Waals surface area contributed by atoms with Crippen LogP contribution in [-0.2, 0) is 9.84 Å². The topological polar surface area (TPSA) is 60.4 Å². The molecule has 0 fully saturated rings. The van der Waals surface area contributed by atoms with Gasteiger partial charge in [-0.15, -0.1) is 82.3 Å². The lowest BCUT2D eigenvalue weighted by Gasteiger charge is -2.08. The smallest absolute Gasteiger partial charge is 0.206 e. The first-order chi connectivity index (χ1) is 46.9. The van der Waals surface area contributed by atoms with Crippen LogP contribution in [0.5, 0.6) is 11.5 Å². The van der Waals surface area contributed by atoms with E-state index in [2.05, 4.69) is 203 Å². The van der Waals surface area contributed by atoms with Crippen molar-refractivity contribution in [1.29, 1.82) is 0 Å². The Morgan fingerprint density at radius 2 is 0.614 bits per heavy atom. The van der Waals surface area contributed by atoms with Crippen LogP contribution in [-0.4, -0.2) is 58.0 Å². The van der Waals surface area contributed by atoms with Crippen LogP contribution in [0.1, 0.15) is 99.4 Å². The highest BCUT2D eigenvalue weighted by atomic mass is 32.2. The molecule has 0 unspecified atom stereocenters. The Morgan fingerprint density at radius 1 is 0.277 bits per heavy atom. The number of carbonyl (C=O) groups is 1. The predicted octanol–water partition coefficient (Wildman–Crippen LogP) is 28.2. The van der Waals surface area contributed by atoms with Crippen molar-refractivity contribution in [3.8, 4) is 11.5 Å². The predicted molar refractivity (Wildman–Crippen MR) is 459 cm³/mol. The van der Waals surface area contributed by atoms with Gasteiger partial charge in [0.2, 0.25) is 9.84 Å². The molecule has 0 aliphatic heterocycles. The number of ether oxygens (including phenoxy) is 1. The van der Waals surface area contributed by atoms with Gasteiger partial charge in [0.25, 0.3) is 0 Å². The fourth-order valence-corrected chi connectivity index (χ4v) is 15.2. The molecule has 4 nitrogen and oxygen atoms in total. The minimum atomic E-state index is -3.39. The average Bonchev–Trinajstić information content (AvgIpc) is 0.808. The molecule has 0 heterocycles. The average molecular weight is 1520 g/mol. The van der Waals surface area contributed by atoms with E-state index in [0.29, 0.717) is 9.79 Å². The molecule has 11 aromatic rings. The van der Waals surface area contributed by atoms with Gasteiger partial charge in [0.05, 0.1) is 9.79 Å². The summed E-state index contributed by atoms with van der Waals surface area (Å²) in [5.74, 6) is 1.84. The first-order valence-corrected chi connectivity index (χ1v) is 42.6. The van der Waals surface area contributed by atoms with Crippen molar-refractivity contribution >= 4 is 110 Å². The third-order valence-corrected chi connectivity index (χ3v) is 23.5. The van der Waals surface area contributed by atoms with E-state index in [1.807, 2.05) is 159 Å². The van der Waals surface area contributed by atoms with E-state index in [1.165, 1.54) is 94.8 Å². The Kier molecular flexibility index (Phi) is 43.0. The lowest BCUT2D eigenvalue weighted by atomic mass is 10.0. The van der Waals surface area contributed by atoms with Gasteiger partial charge in [-0.1, -0.05) is 164 Å². The van der Waals surface area contributed by atoms with Gasteiger partial charge < -0.3 is 4.74 Å². The van der Waals surface area contributed by atoms with Gasteiger partial charge in [0.1, 0.15) is 11.5 Å². The quantitative estimate of drug-likeness (QED) is 0.0726. The molecule has 11 aromatic carbocycles. The van der Waals surface area contributed by atoms with Crippen molar-refractivity contribution < 1.29 is 17.9 Å². The van der Waals surface area contributed by atoms with Gasteiger partial charge >= 0.3 is 0 Å². The molecule has 101 heavy (non-hydrogen) atoms. The van der Waals surface area contributed by atoms with Crippen LogP contribution in [0.4, 0.5) is 0 Å². The Bertz CT molecular complexity index is 4310. The van der Waals surface area contributed by atoms with E-state index in [9.17, 15) is 13.2 Å². The van der Waals surface area contributed by atoms with Gasteiger partial charge in [-0.25, -0.2) is 8.42 Å². The van der Waals surface area contributed by atoms with Crippen LogP contribution >= 0.6 is 94.1 Å². The van der Waals surface area contributed by atoms with E-state index >= 15 is 0 Å². The van der Waals surface area contributed by atoms with Gasteiger partial charge in [-0.3, -0.25) is 4.79 Å². The maximum absolute atomic E-state index is 12.3. The Labute approximate surface area is 644 Å². The summed E-state index contributed by atoms with van der Waals surface area (Å²) in [5.41, 5.74) is 15.8. The van der Waals surface area contributed by atoms with Crippen LogP contribution in [0.3, 0.4) is 0 Å². The lowest BCUT2D eigenvalue weighted by molar-refractivity contribution is 0.103. The number of hydrogen-bond donors (Lipinski definition) is 0. The number of ketones is 1. The number of hydrogen-bond acceptors (Lipinski definition) is 12. The molecule has 0 saturated carbocycles. The fraction of sp³-hybridized carbons (Fsp3) is 0.239. The Morgan fingerprint density at radius 3 is 1.05 bits per heavy atom. The lowest BCUT2D eigenvalue weighted by Crippen LogP contribution is -2.01. The van der Waals surface area contributed by atoms with E-state index in [0.717, 1.165) is 33.1 Å². The van der Waals surface area contributed by atoms with Gasteiger partial charge in [0, 0.05) is 55.2 Å². The van der Waals surface area contributed by atoms with E-state index < -0.39 is 9.84 Å². The first kappa shape index (κ1) is 90.7. The summed E-state index contributed by atoms with van der Waals surface area (Å²) in [7, 11) is -3.39. The molecule has 0 spiro atoms. The molecule has 536 valence electrons. The third kappa shape index (κ3) is 31.6. The monoisotopic (exact) mass is 1510 g/mol. The number of carbonyl (C=O) groups excluding carboxylic acids is 1. The van der Waals surface area contributed by atoms with E-state index in [-0.39, 0.29) is 28.1 Å². The maximum atomic E-state index is 12.3. The normalized spacial score (nSPS) is 10.1. The molecule has 0 N–H and O–H groups in total. The maximum Gasteiger partial charge on any atom is 0.206 e. The van der Waals surface area contributed by atoms with E-state index in [4.69, 9.17) is 4.74 Å². The van der Waals surface area contributed by atoms with Gasteiger partial charge in [-0.05, 0) is 293 Å². The second-order valence-corrected chi connectivity index (χ2v) is 32.1. The van der Waals surface area contributed by atoms with Crippen LogP contribution in [0.25, 0.3) is 0 Å². The van der Waals surface area contributed by atoms with Gasteiger partial charge in [-0.2, -0.15) is 0 Å². The van der Waals surface area contributed by atoms with Crippen molar-refractivity contribution in [2.24, 2.45) is 0 Å². The first-order valence-electron chi connectivity index (χ1n) is 31.8.